The molecule has 15 heavy (non-hydrogen) atoms. The van der Waals surface area contributed by atoms with E-state index in [1.807, 2.05) is 51.1 Å². The van der Waals surface area contributed by atoms with Gasteiger partial charge in [-0.3, -0.25) is 9.63 Å². The Hall–Kier alpha value is -1.35. The molecule has 3 heteroatoms. The first-order valence-electron chi connectivity index (χ1n) is 4.96. The van der Waals surface area contributed by atoms with Crippen LogP contribution in [-0.4, -0.2) is 17.1 Å². The van der Waals surface area contributed by atoms with Crippen molar-refractivity contribution in [3.63, 3.8) is 0 Å². The van der Waals surface area contributed by atoms with Gasteiger partial charge in [0.15, 0.2) is 0 Å². The van der Waals surface area contributed by atoms with Crippen molar-refractivity contribution in [1.82, 2.24) is 5.06 Å². The number of hydrogen-bond donors (Lipinski definition) is 0. The van der Waals surface area contributed by atoms with E-state index in [1.165, 1.54) is 5.06 Å². The summed E-state index contributed by atoms with van der Waals surface area (Å²) in [4.78, 5) is 16.2. The molecule has 0 saturated carbocycles. The molecule has 1 amide bonds. The van der Waals surface area contributed by atoms with Crippen molar-refractivity contribution in [2.75, 3.05) is 0 Å². The third-order valence-electron chi connectivity index (χ3n) is 1.69. The van der Waals surface area contributed by atoms with Crippen LogP contribution in [0.5, 0.6) is 0 Å². The van der Waals surface area contributed by atoms with E-state index in [-0.39, 0.29) is 5.60 Å². The Morgan fingerprint density at radius 2 is 1.87 bits per heavy atom. The quantitative estimate of drug-likeness (QED) is 0.560. The van der Waals surface area contributed by atoms with E-state index in [0.29, 0.717) is 13.0 Å². The van der Waals surface area contributed by atoms with Crippen LogP contribution in [0.3, 0.4) is 0 Å². The van der Waals surface area contributed by atoms with Crippen LogP contribution < -0.4 is 0 Å². The van der Waals surface area contributed by atoms with E-state index in [9.17, 15) is 4.79 Å². The lowest BCUT2D eigenvalue weighted by Crippen LogP contribution is -2.32. The fourth-order valence-corrected chi connectivity index (χ4v) is 1.21. The molecule has 0 aromatic heterocycles. The molecular weight excluding hydrogens is 190 g/mol. The van der Waals surface area contributed by atoms with E-state index in [4.69, 9.17) is 4.84 Å². The summed E-state index contributed by atoms with van der Waals surface area (Å²) in [6.45, 7) is 6.21. The maximum absolute atomic E-state index is 10.8. The van der Waals surface area contributed by atoms with Crippen molar-refractivity contribution < 1.29 is 9.63 Å². The van der Waals surface area contributed by atoms with Crippen LogP contribution in [-0.2, 0) is 16.2 Å². The van der Waals surface area contributed by atoms with Crippen LogP contribution in [0, 0.1) is 0 Å². The molecule has 0 bridgehead atoms. The molecule has 0 heterocycles. The highest BCUT2D eigenvalue weighted by Crippen LogP contribution is 2.11. The highest BCUT2D eigenvalue weighted by Gasteiger charge is 2.15. The molecule has 0 N–H and O–H groups in total. The highest BCUT2D eigenvalue weighted by atomic mass is 16.7. The summed E-state index contributed by atoms with van der Waals surface area (Å²) in [5.74, 6) is 0. The second kappa shape index (κ2) is 4.94. The first-order valence-corrected chi connectivity index (χ1v) is 4.96. The summed E-state index contributed by atoms with van der Waals surface area (Å²) in [7, 11) is 0. The van der Waals surface area contributed by atoms with E-state index < -0.39 is 0 Å². The molecule has 0 fully saturated rings. The molecule has 0 radical (unpaired) electrons. The lowest BCUT2D eigenvalue weighted by molar-refractivity contribution is -0.220. The first kappa shape index (κ1) is 11.7. The minimum atomic E-state index is -0.351. The Balaban J connectivity index is 2.59. The Bertz CT molecular complexity index is 303. The van der Waals surface area contributed by atoms with Gasteiger partial charge in [-0.1, -0.05) is 30.3 Å². The molecule has 0 atom stereocenters. The summed E-state index contributed by atoms with van der Waals surface area (Å²) in [6, 6.07) is 9.75. The van der Waals surface area contributed by atoms with Crippen molar-refractivity contribution in [3.05, 3.63) is 35.9 Å². The molecule has 3 nitrogen and oxygen atoms in total. The SMILES string of the molecule is CC(C)(C)ON(C=O)Cc1ccccc1. The van der Waals surface area contributed by atoms with Crippen LogP contribution in [0.2, 0.25) is 0 Å². The molecule has 0 aliphatic carbocycles. The van der Waals surface area contributed by atoms with Gasteiger partial charge < -0.3 is 0 Å². The van der Waals surface area contributed by atoms with Crippen LogP contribution in [0.25, 0.3) is 0 Å². The topological polar surface area (TPSA) is 29.5 Å². The van der Waals surface area contributed by atoms with E-state index in [2.05, 4.69) is 0 Å². The standard InChI is InChI=1S/C12H17NO2/c1-12(2,3)15-13(10-14)9-11-7-5-4-6-8-11/h4-8,10H,9H2,1-3H3. The van der Waals surface area contributed by atoms with Gasteiger partial charge >= 0.3 is 0 Å². The summed E-state index contributed by atoms with van der Waals surface area (Å²) in [5, 5.41) is 1.31. The monoisotopic (exact) mass is 207 g/mol. The maximum atomic E-state index is 10.8. The Morgan fingerprint density at radius 3 is 2.33 bits per heavy atom. The van der Waals surface area contributed by atoms with Gasteiger partial charge in [-0.15, -0.1) is 0 Å². The third-order valence-corrected chi connectivity index (χ3v) is 1.69. The van der Waals surface area contributed by atoms with Gasteiger partial charge in [0.05, 0.1) is 12.1 Å². The van der Waals surface area contributed by atoms with Gasteiger partial charge in [-0.05, 0) is 26.3 Å². The number of benzene rings is 1. The molecule has 0 spiro atoms. The van der Waals surface area contributed by atoms with Gasteiger partial charge in [-0.2, -0.15) is 0 Å². The van der Waals surface area contributed by atoms with Crippen LogP contribution in [0.4, 0.5) is 0 Å². The zero-order valence-corrected chi connectivity index (χ0v) is 9.43. The zero-order chi connectivity index (χ0) is 11.3. The lowest BCUT2D eigenvalue weighted by atomic mass is 10.2. The number of hydroxylamine groups is 2. The predicted molar refractivity (Wildman–Crippen MR) is 58.9 cm³/mol. The van der Waals surface area contributed by atoms with Crippen molar-refractivity contribution in [3.8, 4) is 0 Å². The summed E-state index contributed by atoms with van der Waals surface area (Å²) < 4.78 is 0. The smallest absolute Gasteiger partial charge is 0.233 e. The van der Waals surface area contributed by atoms with Crippen molar-refractivity contribution >= 4 is 6.41 Å². The normalized spacial score (nSPS) is 11.1. The third kappa shape index (κ3) is 4.61. The fraction of sp³-hybridized carbons (Fsp3) is 0.417. The fourth-order valence-electron chi connectivity index (χ4n) is 1.21. The summed E-state index contributed by atoms with van der Waals surface area (Å²) >= 11 is 0. The van der Waals surface area contributed by atoms with Crippen molar-refractivity contribution in [2.24, 2.45) is 0 Å². The summed E-state index contributed by atoms with van der Waals surface area (Å²) in [5.41, 5.74) is 0.698. The van der Waals surface area contributed by atoms with E-state index >= 15 is 0 Å². The molecule has 0 aliphatic heterocycles. The minimum Gasteiger partial charge on any atom is -0.276 e. The number of nitrogens with zero attached hydrogens (tertiary/aromatic N) is 1. The molecule has 1 rings (SSSR count). The Kier molecular flexibility index (Phi) is 3.86. The second-order valence-electron chi connectivity index (χ2n) is 4.37. The number of carbonyl (C=O) groups excluding carboxylic acids is 1. The molecular formula is C12H17NO2. The largest absolute Gasteiger partial charge is 0.276 e. The average molecular weight is 207 g/mol. The van der Waals surface area contributed by atoms with Gasteiger partial charge in [0.25, 0.3) is 0 Å². The maximum Gasteiger partial charge on any atom is 0.233 e. The summed E-state index contributed by atoms with van der Waals surface area (Å²) in [6.07, 6.45) is 0.707. The van der Waals surface area contributed by atoms with Gasteiger partial charge in [0, 0.05) is 0 Å². The minimum absolute atomic E-state index is 0.351. The molecule has 0 aliphatic rings. The average Bonchev–Trinajstić information content (AvgIpc) is 2.16. The highest BCUT2D eigenvalue weighted by molar-refractivity contribution is 5.45. The molecule has 0 saturated heterocycles. The Labute approximate surface area is 90.6 Å². The van der Waals surface area contributed by atoms with Crippen LogP contribution in [0.15, 0.2) is 30.3 Å². The van der Waals surface area contributed by atoms with Crippen LogP contribution in [0.1, 0.15) is 26.3 Å². The molecule has 1 aromatic carbocycles. The number of amides is 1. The lowest BCUT2D eigenvalue weighted by Gasteiger charge is -2.26. The number of rotatable bonds is 4. The number of carbonyl (C=O) groups is 1. The second-order valence-corrected chi connectivity index (χ2v) is 4.37. The molecule has 1 aromatic rings. The zero-order valence-electron chi connectivity index (χ0n) is 9.43. The van der Waals surface area contributed by atoms with Gasteiger partial charge in [0.1, 0.15) is 0 Å². The molecule has 0 unspecified atom stereocenters. The van der Waals surface area contributed by atoms with E-state index in [0.717, 1.165) is 5.56 Å². The number of hydrogen-bond acceptors (Lipinski definition) is 2. The first-order chi connectivity index (χ1) is 7.01. The van der Waals surface area contributed by atoms with Crippen molar-refractivity contribution in [2.45, 2.75) is 32.9 Å². The Morgan fingerprint density at radius 1 is 1.27 bits per heavy atom. The van der Waals surface area contributed by atoms with E-state index in [1.54, 1.807) is 0 Å². The predicted octanol–water partition coefficient (Wildman–Crippen LogP) is 2.38. The van der Waals surface area contributed by atoms with Crippen LogP contribution >= 0.6 is 0 Å². The molecule has 82 valence electrons. The van der Waals surface area contributed by atoms with Gasteiger partial charge in [-0.25, -0.2) is 5.06 Å². The van der Waals surface area contributed by atoms with Crippen molar-refractivity contribution in [1.29, 1.82) is 0 Å². The van der Waals surface area contributed by atoms with Gasteiger partial charge in [0.2, 0.25) is 6.41 Å².